The van der Waals surface area contributed by atoms with Crippen LogP contribution in [0.25, 0.3) is 0 Å². The minimum atomic E-state index is -0.983. The summed E-state index contributed by atoms with van der Waals surface area (Å²) in [6, 6.07) is 7.07. The Morgan fingerprint density at radius 1 is 1.33 bits per heavy atom. The number of carbonyl (C=O) groups is 1. The van der Waals surface area contributed by atoms with Crippen LogP contribution in [0.3, 0.4) is 0 Å². The minimum Gasteiger partial charge on any atom is -0.469 e. The second kappa shape index (κ2) is 12.6. The highest BCUT2D eigenvalue weighted by molar-refractivity contribution is 6.30. The summed E-state index contributed by atoms with van der Waals surface area (Å²) in [6.07, 6.45) is 7.74. The molecule has 6 heteroatoms. The van der Waals surface area contributed by atoms with Crippen molar-refractivity contribution in [1.29, 1.82) is 0 Å². The van der Waals surface area contributed by atoms with Gasteiger partial charge in [0.15, 0.2) is 0 Å². The Kier molecular flexibility index (Phi) is 10.1. The largest absolute Gasteiger partial charge is 0.469 e. The number of esters is 1. The third-order valence-electron chi connectivity index (χ3n) is 5.17. The number of hydrogen-bond acceptors (Lipinski definition) is 5. The van der Waals surface area contributed by atoms with E-state index in [2.05, 4.69) is 16.6 Å². The molecule has 0 saturated heterocycles. The average Bonchev–Trinajstić information content (AvgIpc) is 2.99. The zero-order valence-corrected chi connectivity index (χ0v) is 17.8. The number of hydrogen-bond donors (Lipinski definition) is 3. The second-order valence-electron chi connectivity index (χ2n) is 7.40. The molecular weight excluding hydrogens is 404 g/mol. The van der Waals surface area contributed by atoms with E-state index in [1.807, 2.05) is 12.2 Å². The maximum atomic E-state index is 11.1. The third-order valence-corrected chi connectivity index (χ3v) is 5.41. The minimum absolute atomic E-state index is 0.138. The Balaban J connectivity index is 1.89. The SMILES string of the molecule is COC(=O)CCC/C=C\C[C@@H]1[C@@H](/C=C/[C@@H](O)C#Cc2cccc(Cl)c2)[C@H](O)C[C@@H]1O. The maximum absolute atomic E-state index is 11.1. The molecule has 2 rings (SSSR count). The van der Waals surface area contributed by atoms with Crippen molar-refractivity contribution in [2.24, 2.45) is 11.8 Å². The van der Waals surface area contributed by atoms with Crippen LogP contribution in [0, 0.1) is 23.7 Å². The monoisotopic (exact) mass is 432 g/mol. The molecule has 5 atom stereocenters. The topological polar surface area (TPSA) is 87.0 Å². The highest BCUT2D eigenvalue weighted by atomic mass is 35.5. The summed E-state index contributed by atoms with van der Waals surface area (Å²) in [5.41, 5.74) is 0.710. The quantitative estimate of drug-likeness (QED) is 0.254. The van der Waals surface area contributed by atoms with Gasteiger partial charge in [0.05, 0.1) is 19.3 Å². The standard InChI is InChI=1S/C24H29ClO5/c1-30-24(29)10-5-3-2-4-9-20-21(23(28)16-22(20)27)14-13-19(26)12-11-17-7-6-8-18(25)15-17/h2,4,6-8,13-15,19-23,26-28H,3,5,9-10,16H2,1H3/b4-2-,14-13+/t19-,20+,21+,22-,23+/m0/s1. The lowest BCUT2D eigenvalue weighted by molar-refractivity contribution is -0.140. The van der Waals surface area contributed by atoms with Gasteiger partial charge in [-0.2, -0.15) is 0 Å². The first-order chi connectivity index (χ1) is 14.4. The molecule has 1 fully saturated rings. The normalized spacial score (nSPS) is 24.7. The first-order valence-corrected chi connectivity index (χ1v) is 10.5. The Morgan fingerprint density at radius 2 is 2.13 bits per heavy atom. The lowest BCUT2D eigenvalue weighted by Crippen LogP contribution is -2.20. The van der Waals surface area contributed by atoms with Crippen molar-refractivity contribution in [2.45, 2.75) is 50.4 Å². The average molecular weight is 433 g/mol. The van der Waals surface area contributed by atoms with Gasteiger partial charge in [-0.05, 0) is 49.5 Å². The summed E-state index contributed by atoms with van der Waals surface area (Å²) in [6.45, 7) is 0. The zero-order chi connectivity index (χ0) is 21.9. The number of carbonyl (C=O) groups excluding carboxylic acids is 1. The van der Waals surface area contributed by atoms with E-state index < -0.39 is 18.3 Å². The van der Waals surface area contributed by atoms with Crippen LogP contribution >= 0.6 is 11.6 Å². The molecule has 0 bridgehead atoms. The molecule has 1 aromatic rings. The number of methoxy groups -OCH3 is 1. The summed E-state index contributed by atoms with van der Waals surface area (Å²) in [7, 11) is 1.37. The molecule has 5 nitrogen and oxygen atoms in total. The van der Waals surface area contributed by atoms with Crippen LogP contribution in [0.5, 0.6) is 0 Å². The van der Waals surface area contributed by atoms with Crippen molar-refractivity contribution in [2.75, 3.05) is 7.11 Å². The van der Waals surface area contributed by atoms with Gasteiger partial charge < -0.3 is 20.1 Å². The van der Waals surface area contributed by atoms with E-state index >= 15 is 0 Å². The molecule has 162 valence electrons. The molecule has 3 N–H and O–H groups in total. The molecule has 30 heavy (non-hydrogen) atoms. The number of aliphatic hydroxyl groups excluding tert-OH is 3. The fourth-order valence-corrected chi connectivity index (χ4v) is 3.74. The van der Waals surface area contributed by atoms with Gasteiger partial charge in [0.2, 0.25) is 0 Å². The summed E-state index contributed by atoms with van der Waals surface area (Å²) in [4.78, 5) is 11.1. The van der Waals surface area contributed by atoms with Crippen LogP contribution in [-0.4, -0.2) is 46.7 Å². The van der Waals surface area contributed by atoms with E-state index in [-0.39, 0.29) is 17.8 Å². The lowest BCUT2D eigenvalue weighted by Gasteiger charge is -2.19. The Bertz CT molecular complexity index is 807. The van der Waals surface area contributed by atoms with Gasteiger partial charge in [0.25, 0.3) is 0 Å². The van der Waals surface area contributed by atoms with Gasteiger partial charge in [0.1, 0.15) is 6.10 Å². The molecule has 0 heterocycles. The molecule has 0 spiro atoms. The van der Waals surface area contributed by atoms with Gasteiger partial charge >= 0.3 is 5.97 Å². The van der Waals surface area contributed by atoms with Gasteiger partial charge in [-0.25, -0.2) is 0 Å². The smallest absolute Gasteiger partial charge is 0.305 e. The molecule has 0 amide bonds. The molecule has 1 aliphatic rings. The Morgan fingerprint density at radius 3 is 2.87 bits per heavy atom. The Hall–Kier alpha value is -2.10. The van der Waals surface area contributed by atoms with E-state index in [0.717, 1.165) is 6.42 Å². The Labute approximate surface area is 183 Å². The highest BCUT2D eigenvalue weighted by Crippen LogP contribution is 2.36. The molecule has 0 aliphatic heterocycles. The van der Waals surface area contributed by atoms with Crippen LogP contribution < -0.4 is 0 Å². The summed E-state index contributed by atoms with van der Waals surface area (Å²) in [5, 5.41) is 31.3. The maximum Gasteiger partial charge on any atom is 0.305 e. The highest BCUT2D eigenvalue weighted by Gasteiger charge is 2.39. The van der Waals surface area contributed by atoms with Crippen molar-refractivity contribution >= 4 is 17.6 Å². The van der Waals surface area contributed by atoms with E-state index in [9.17, 15) is 20.1 Å². The number of rotatable bonds is 8. The van der Waals surface area contributed by atoms with E-state index in [4.69, 9.17) is 11.6 Å². The molecule has 1 aromatic carbocycles. The van der Waals surface area contributed by atoms with Crippen LogP contribution in [0.4, 0.5) is 0 Å². The predicted octanol–water partition coefficient (Wildman–Crippen LogP) is 3.26. The van der Waals surface area contributed by atoms with Crippen molar-refractivity contribution in [3.05, 3.63) is 59.2 Å². The summed E-state index contributed by atoms with van der Waals surface area (Å²) in [5.74, 6) is 4.98. The number of benzene rings is 1. The summed E-state index contributed by atoms with van der Waals surface area (Å²) < 4.78 is 4.60. The number of aliphatic hydroxyl groups is 3. The van der Waals surface area contributed by atoms with Gasteiger partial charge in [-0.1, -0.05) is 47.7 Å². The lowest BCUT2D eigenvalue weighted by atomic mass is 9.89. The van der Waals surface area contributed by atoms with Crippen molar-refractivity contribution < 1.29 is 24.9 Å². The fraction of sp³-hybridized carbons (Fsp3) is 0.458. The number of ether oxygens (including phenoxy) is 1. The van der Waals surface area contributed by atoms with E-state index in [1.165, 1.54) is 7.11 Å². The zero-order valence-electron chi connectivity index (χ0n) is 17.1. The van der Waals surface area contributed by atoms with Crippen LogP contribution in [0.15, 0.2) is 48.6 Å². The molecule has 0 radical (unpaired) electrons. The number of unbranched alkanes of at least 4 members (excludes halogenated alkanes) is 1. The van der Waals surface area contributed by atoms with Crippen molar-refractivity contribution in [3.63, 3.8) is 0 Å². The van der Waals surface area contributed by atoms with Gasteiger partial charge in [-0.15, -0.1) is 0 Å². The molecule has 0 unspecified atom stereocenters. The first kappa shape index (κ1) is 24.2. The van der Waals surface area contributed by atoms with Gasteiger partial charge in [0, 0.05) is 29.3 Å². The second-order valence-corrected chi connectivity index (χ2v) is 7.83. The number of allylic oxidation sites excluding steroid dienone is 2. The van der Waals surface area contributed by atoms with Crippen molar-refractivity contribution in [3.8, 4) is 11.8 Å². The van der Waals surface area contributed by atoms with E-state index in [1.54, 1.807) is 36.4 Å². The predicted molar refractivity (Wildman–Crippen MR) is 117 cm³/mol. The molecule has 1 saturated carbocycles. The van der Waals surface area contributed by atoms with E-state index in [0.29, 0.717) is 36.3 Å². The third kappa shape index (κ3) is 7.97. The number of halogens is 1. The van der Waals surface area contributed by atoms with Crippen molar-refractivity contribution in [1.82, 2.24) is 0 Å². The van der Waals surface area contributed by atoms with Gasteiger partial charge in [-0.3, -0.25) is 4.79 Å². The fourth-order valence-electron chi connectivity index (χ4n) is 3.55. The molecule has 1 aliphatic carbocycles. The first-order valence-electron chi connectivity index (χ1n) is 10.1. The molecule has 0 aromatic heterocycles. The van der Waals surface area contributed by atoms with Crippen LogP contribution in [0.1, 0.15) is 37.7 Å². The molecular formula is C24H29ClO5. The van der Waals surface area contributed by atoms with Crippen LogP contribution in [0.2, 0.25) is 5.02 Å². The summed E-state index contributed by atoms with van der Waals surface area (Å²) >= 11 is 5.92. The van der Waals surface area contributed by atoms with Crippen LogP contribution in [-0.2, 0) is 9.53 Å².